The van der Waals surface area contributed by atoms with E-state index in [4.69, 9.17) is 0 Å². The van der Waals surface area contributed by atoms with Gasteiger partial charge >= 0.3 is 0 Å². The molecule has 1 unspecified atom stereocenters. The summed E-state index contributed by atoms with van der Waals surface area (Å²) < 4.78 is 0. The van der Waals surface area contributed by atoms with Gasteiger partial charge in [0.1, 0.15) is 0 Å². The lowest BCUT2D eigenvalue weighted by Gasteiger charge is -2.17. The summed E-state index contributed by atoms with van der Waals surface area (Å²) in [5, 5.41) is 3.22. The van der Waals surface area contributed by atoms with Crippen LogP contribution in [0.4, 0.5) is 5.69 Å². The Morgan fingerprint density at radius 1 is 1.60 bits per heavy atom. The number of carbonyl (C=O) groups is 1. The van der Waals surface area contributed by atoms with Crippen LogP contribution in [0, 0.1) is 0 Å². The van der Waals surface area contributed by atoms with E-state index in [-0.39, 0.29) is 11.9 Å². The van der Waals surface area contributed by atoms with E-state index in [1.165, 1.54) is 0 Å². The van der Waals surface area contributed by atoms with Gasteiger partial charge in [0.05, 0.1) is 5.69 Å². The van der Waals surface area contributed by atoms with Crippen LogP contribution >= 0.6 is 0 Å². The zero-order valence-corrected chi connectivity index (χ0v) is 9.40. The van der Waals surface area contributed by atoms with Crippen molar-refractivity contribution in [1.82, 2.24) is 9.88 Å². The number of amides is 1. The summed E-state index contributed by atoms with van der Waals surface area (Å²) in [6.07, 6.45) is 3.96. The second kappa shape index (κ2) is 5.34. The van der Waals surface area contributed by atoms with E-state index in [9.17, 15) is 4.79 Å². The number of nitrogens with zero attached hydrogens (tertiary/aromatic N) is 2. The molecule has 82 valence electrons. The van der Waals surface area contributed by atoms with Gasteiger partial charge < -0.3 is 10.2 Å². The van der Waals surface area contributed by atoms with E-state index < -0.39 is 0 Å². The van der Waals surface area contributed by atoms with Crippen LogP contribution in [0.2, 0.25) is 0 Å². The van der Waals surface area contributed by atoms with Crippen molar-refractivity contribution in [3.05, 3.63) is 24.5 Å². The molecule has 0 aliphatic carbocycles. The Labute approximate surface area is 90.3 Å². The zero-order chi connectivity index (χ0) is 11.3. The monoisotopic (exact) mass is 207 g/mol. The third-order valence-electron chi connectivity index (χ3n) is 2.05. The highest BCUT2D eigenvalue weighted by atomic mass is 16.2. The maximum absolute atomic E-state index is 11.4. The molecular weight excluding hydrogens is 190 g/mol. The normalized spacial score (nSPS) is 11.9. The molecule has 1 N–H and O–H groups in total. The number of pyridine rings is 1. The number of carbonyl (C=O) groups excluding carboxylic acids is 1. The van der Waals surface area contributed by atoms with Crippen LogP contribution in [0.1, 0.15) is 13.3 Å². The largest absolute Gasteiger partial charge is 0.381 e. The fraction of sp³-hybridized carbons (Fsp3) is 0.455. The summed E-state index contributed by atoms with van der Waals surface area (Å²) in [4.78, 5) is 17.0. The second-order valence-corrected chi connectivity index (χ2v) is 3.78. The van der Waals surface area contributed by atoms with Crippen LogP contribution in [0.25, 0.3) is 0 Å². The van der Waals surface area contributed by atoms with E-state index in [1.807, 2.05) is 19.1 Å². The lowest BCUT2D eigenvalue weighted by Crippen LogP contribution is -2.28. The van der Waals surface area contributed by atoms with Crippen LogP contribution in [0.3, 0.4) is 0 Å². The molecule has 1 aromatic heterocycles. The molecule has 0 radical (unpaired) electrons. The molecule has 0 aliphatic heterocycles. The van der Waals surface area contributed by atoms with Crippen LogP contribution in [0.5, 0.6) is 0 Å². The first kappa shape index (κ1) is 11.5. The lowest BCUT2D eigenvalue weighted by molar-refractivity contribution is -0.128. The van der Waals surface area contributed by atoms with Gasteiger partial charge in [0.15, 0.2) is 0 Å². The predicted octanol–water partition coefficient (Wildman–Crippen LogP) is 1.36. The minimum atomic E-state index is 0.115. The van der Waals surface area contributed by atoms with Crippen molar-refractivity contribution in [2.75, 3.05) is 19.4 Å². The Kier molecular flexibility index (Phi) is 4.09. The van der Waals surface area contributed by atoms with Gasteiger partial charge in [-0.25, -0.2) is 0 Å². The molecule has 1 rings (SSSR count). The summed E-state index contributed by atoms with van der Waals surface area (Å²) in [5.41, 5.74) is 0.941. The van der Waals surface area contributed by atoms with Crippen molar-refractivity contribution < 1.29 is 4.79 Å². The summed E-state index contributed by atoms with van der Waals surface area (Å²) in [6.45, 7) is 1.98. The molecule has 0 bridgehead atoms. The molecular formula is C11H17N3O. The first-order chi connectivity index (χ1) is 7.09. The van der Waals surface area contributed by atoms with Crippen molar-refractivity contribution >= 4 is 11.6 Å². The predicted molar refractivity (Wildman–Crippen MR) is 60.6 cm³/mol. The fourth-order valence-electron chi connectivity index (χ4n) is 1.23. The van der Waals surface area contributed by atoms with Gasteiger partial charge in [-0.3, -0.25) is 9.78 Å². The van der Waals surface area contributed by atoms with Crippen LogP contribution in [-0.4, -0.2) is 35.9 Å². The molecule has 0 aromatic carbocycles. The number of hydrogen-bond donors (Lipinski definition) is 1. The maximum atomic E-state index is 11.4. The maximum Gasteiger partial charge on any atom is 0.224 e. The van der Waals surface area contributed by atoms with Crippen molar-refractivity contribution in [2.24, 2.45) is 0 Å². The van der Waals surface area contributed by atoms with Gasteiger partial charge in [-0.05, 0) is 19.1 Å². The van der Waals surface area contributed by atoms with Crippen molar-refractivity contribution in [2.45, 2.75) is 19.4 Å². The van der Waals surface area contributed by atoms with Gasteiger partial charge in [0.25, 0.3) is 0 Å². The Morgan fingerprint density at radius 2 is 2.33 bits per heavy atom. The number of anilines is 1. The lowest BCUT2D eigenvalue weighted by atomic mass is 10.2. The smallest absolute Gasteiger partial charge is 0.224 e. The fourth-order valence-corrected chi connectivity index (χ4v) is 1.23. The Bertz CT molecular complexity index is 311. The highest BCUT2D eigenvalue weighted by Gasteiger charge is 2.10. The van der Waals surface area contributed by atoms with Crippen molar-refractivity contribution in [3.8, 4) is 0 Å². The van der Waals surface area contributed by atoms with Crippen molar-refractivity contribution in [3.63, 3.8) is 0 Å². The minimum absolute atomic E-state index is 0.115. The molecule has 1 amide bonds. The number of rotatable bonds is 4. The second-order valence-electron chi connectivity index (χ2n) is 3.78. The SMILES string of the molecule is CC(CC(=O)N(C)C)Nc1cccnc1. The number of nitrogens with one attached hydrogen (secondary N) is 1. The first-order valence-electron chi connectivity index (χ1n) is 4.96. The van der Waals surface area contributed by atoms with E-state index in [1.54, 1.807) is 31.4 Å². The number of hydrogen-bond acceptors (Lipinski definition) is 3. The first-order valence-corrected chi connectivity index (χ1v) is 4.96. The molecule has 4 nitrogen and oxygen atoms in total. The Morgan fingerprint density at radius 3 is 2.87 bits per heavy atom. The molecule has 0 spiro atoms. The zero-order valence-electron chi connectivity index (χ0n) is 9.40. The topological polar surface area (TPSA) is 45.2 Å². The summed E-state index contributed by atoms with van der Waals surface area (Å²) in [6, 6.07) is 3.91. The summed E-state index contributed by atoms with van der Waals surface area (Å²) in [7, 11) is 3.53. The molecule has 1 atom stereocenters. The van der Waals surface area contributed by atoms with Gasteiger partial charge in [-0.1, -0.05) is 0 Å². The Balaban J connectivity index is 2.43. The van der Waals surface area contributed by atoms with Gasteiger partial charge in [-0.2, -0.15) is 0 Å². The Hall–Kier alpha value is -1.58. The average Bonchev–Trinajstić information content (AvgIpc) is 2.18. The molecule has 0 saturated carbocycles. The quantitative estimate of drug-likeness (QED) is 0.810. The molecule has 15 heavy (non-hydrogen) atoms. The third-order valence-corrected chi connectivity index (χ3v) is 2.05. The van der Waals surface area contributed by atoms with Crippen LogP contribution < -0.4 is 5.32 Å². The van der Waals surface area contributed by atoms with E-state index in [2.05, 4.69) is 10.3 Å². The molecule has 0 fully saturated rings. The summed E-state index contributed by atoms with van der Waals surface area (Å²) >= 11 is 0. The van der Waals surface area contributed by atoms with Crippen molar-refractivity contribution in [1.29, 1.82) is 0 Å². The van der Waals surface area contributed by atoms with Crippen LogP contribution in [0.15, 0.2) is 24.5 Å². The minimum Gasteiger partial charge on any atom is -0.381 e. The molecule has 1 aromatic rings. The molecule has 1 heterocycles. The van der Waals surface area contributed by atoms with Gasteiger partial charge in [-0.15, -0.1) is 0 Å². The summed E-state index contributed by atoms with van der Waals surface area (Å²) in [5.74, 6) is 0.124. The molecule has 4 heteroatoms. The van der Waals surface area contributed by atoms with E-state index >= 15 is 0 Å². The highest BCUT2D eigenvalue weighted by molar-refractivity contribution is 5.76. The molecule has 0 saturated heterocycles. The number of aromatic nitrogens is 1. The highest BCUT2D eigenvalue weighted by Crippen LogP contribution is 2.07. The van der Waals surface area contributed by atoms with E-state index in [0.29, 0.717) is 6.42 Å². The van der Waals surface area contributed by atoms with Crippen LogP contribution in [-0.2, 0) is 4.79 Å². The standard InChI is InChI=1S/C11H17N3O/c1-9(7-11(15)14(2)3)13-10-5-4-6-12-8-10/h4-6,8-9,13H,7H2,1-3H3. The van der Waals surface area contributed by atoms with E-state index in [0.717, 1.165) is 5.69 Å². The van der Waals surface area contributed by atoms with Gasteiger partial charge in [0, 0.05) is 39.0 Å². The average molecular weight is 207 g/mol. The van der Waals surface area contributed by atoms with Gasteiger partial charge in [0.2, 0.25) is 5.91 Å². The third kappa shape index (κ3) is 3.97. The molecule has 0 aliphatic rings.